The Kier molecular flexibility index (Phi) is 8.81. The van der Waals surface area contributed by atoms with Crippen molar-refractivity contribution in [3.05, 3.63) is 0 Å². The number of carbonyl (C=O) groups is 2. The lowest BCUT2D eigenvalue weighted by Gasteiger charge is -2.39. The molecule has 0 radical (unpaired) electrons. The number of hydrogen-bond acceptors (Lipinski definition) is 4. The van der Waals surface area contributed by atoms with E-state index in [1.165, 1.54) is 25.7 Å². The summed E-state index contributed by atoms with van der Waals surface area (Å²) in [5.74, 6) is 1.05. The second-order valence-corrected chi connectivity index (χ2v) is 9.65. The molecule has 7 heteroatoms. The number of urea groups is 1. The number of likely N-dealkylation sites (tertiary alicyclic amines) is 1. The fourth-order valence-electron chi connectivity index (χ4n) is 5.36. The van der Waals surface area contributed by atoms with Crippen molar-refractivity contribution < 1.29 is 14.3 Å². The highest BCUT2D eigenvalue weighted by Crippen LogP contribution is 2.29. The van der Waals surface area contributed by atoms with Gasteiger partial charge in [0.1, 0.15) is 0 Å². The molecule has 172 valence electrons. The van der Waals surface area contributed by atoms with Gasteiger partial charge in [-0.2, -0.15) is 0 Å². The molecule has 1 saturated carbocycles. The van der Waals surface area contributed by atoms with E-state index in [1.807, 2.05) is 30.9 Å². The van der Waals surface area contributed by atoms with E-state index in [9.17, 15) is 9.59 Å². The molecule has 0 spiro atoms. The van der Waals surface area contributed by atoms with Crippen LogP contribution in [-0.4, -0.2) is 104 Å². The molecule has 1 unspecified atom stereocenters. The zero-order valence-electron chi connectivity index (χ0n) is 19.4. The molecule has 30 heavy (non-hydrogen) atoms. The van der Waals surface area contributed by atoms with Crippen molar-refractivity contribution in [2.24, 2.45) is 5.92 Å². The van der Waals surface area contributed by atoms with Gasteiger partial charge < -0.3 is 19.4 Å². The standard InChI is InChI=1S/C23H42N4O3/c1-24(2)23(29)26-13-10-21(18-26)27(20-11-16-30-17-12-20)15-14-25(3)22(28)9-8-19-6-4-5-7-19/h19-21H,4-18H2,1-3H3. The van der Waals surface area contributed by atoms with Crippen molar-refractivity contribution in [1.29, 1.82) is 0 Å². The predicted octanol–water partition coefficient (Wildman–Crippen LogP) is 2.65. The van der Waals surface area contributed by atoms with Gasteiger partial charge in [0.25, 0.3) is 0 Å². The monoisotopic (exact) mass is 422 g/mol. The lowest BCUT2D eigenvalue weighted by Crippen LogP contribution is -2.50. The quantitative estimate of drug-likeness (QED) is 0.603. The number of likely N-dealkylation sites (N-methyl/N-ethyl adjacent to an activating group) is 1. The van der Waals surface area contributed by atoms with Gasteiger partial charge in [-0.25, -0.2) is 4.79 Å². The van der Waals surface area contributed by atoms with Crippen LogP contribution < -0.4 is 0 Å². The highest BCUT2D eigenvalue weighted by Gasteiger charge is 2.35. The van der Waals surface area contributed by atoms with Gasteiger partial charge in [0.15, 0.2) is 0 Å². The first-order chi connectivity index (χ1) is 14.5. The van der Waals surface area contributed by atoms with E-state index in [0.29, 0.717) is 18.5 Å². The van der Waals surface area contributed by atoms with Gasteiger partial charge in [-0.1, -0.05) is 25.7 Å². The highest BCUT2D eigenvalue weighted by molar-refractivity contribution is 5.75. The summed E-state index contributed by atoms with van der Waals surface area (Å²) in [6, 6.07) is 0.961. The van der Waals surface area contributed by atoms with E-state index in [1.54, 1.807) is 4.90 Å². The molecule has 2 heterocycles. The van der Waals surface area contributed by atoms with Crippen LogP contribution in [0.1, 0.15) is 57.8 Å². The Balaban J connectivity index is 1.52. The fourth-order valence-corrected chi connectivity index (χ4v) is 5.36. The van der Waals surface area contributed by atoms with Gasteiger partial charge in [-0.15, -0.1) is 0 Å². The minimum atomic E-state index is 0.101. The van der Waals surface area contributed by atoms with E-state index >= 15 is 0 Å². The van der Waals surface area contributed by atoms with Crippen molar-refractivity contribution >= 4 is 11.9 Å². The van der Waals surface area contributed by atoms with Gasteiger partial charge >= 0.3 is 6.03 Å². The number of nitrogens with zero attached hydrogens (tertiary/aromatic N) is 4. The number of ether oxygens (including phenoxy) is 1. The molecular formula is C23H42N4O3. The minimum Gasteiger partial charge on any atom is -0.381 e. The summed E-state index contributed by atoms with van der Waals surface area (Å²) >= 11 is 0. The van der Waals surface area contributed by atoms with Crippen LogP contribution >= 0.6 is 0 Å². The topological polar surface area (TPSA) is 56.3 Å². The van der Waals surface area contributed by atoms with E-state index in [-0.39, 0.29) is 11.9 Å². The molecule has 1 atom stereocenters. The third-order valence-electron chi connectivity index (χ3n) is 7.31. The first kappa shape index (κ1) is 23.3. The van der Waals surface area contributed by atoms with E-state index in [2.05, 4.69) is 4.90 Å². The highest BCUT2D eigenvalue weighted by atomic mass is 16.5. The summed E-state index contributed by atoms with van der Waals surface area (Å²) in [5.41, 5.74) is 0. The number of amides is 3. The van der Waals surface area contributed by atoms with Crippen LogP contribution in [0.15, 0.2) is 0 Å². The van der Waals surface area contributed by atoms with Gasteiger partial charge in [-0.3, -0.25) is 9.69 Å². The predicted molar refractivity (Wildman–Crippen MR) is 118 cm³/mol. The molecule has 3 aliphatic rings. The molecular weight excluding hydrogens is 380 g/mol. The molecule has 2 aliphatic heterocycles. The summed E-state index contributed by atoms with van der Waals surface area (Å²) in [6.07, 6.45) is 10.1. The summed E-state index contributed by atoms with van der Waals surface area (Å²) in [5, 5.41) is 0. The van der Waals surface area contributed by atoms with Gasteiger partial charge in [-0.05, 0) is 31.6 Å². The van der Waals surface area contributed by atoms with Crippen LogP contribution in [0.5, 0.6) is 0 Å². The zero-order chi connectivity index (χ0) is 21.5. The Hall–Kier alpha value is -1.34. The first-order valence-corrected chi connectivity index (χ1v) is 12.0. The van der Waals surface area contributed by atoms with Crippen molar-refractivity contribution in [2.45, 2.75) is 69.9 Å². The smallest absolute Gasteiger partial charge is 0.319 e. The molecule has 0 N–H and O–H groups in total. The largest absolute Gasteiger partial charge is 0.381 e. The Morgan fingerprint density at radius 3 is 2.30 bits per heavy atom. The molecule has 0 aromatic heterocycles. The SMILES string of the molecule is CN(C)C(=O)N1CCC(N(CCN(C)C(=O)CCC2CCCC2)C2CCOCC2)C1. The molecule has 3 rings (SSSR count). The summed E-state index contributed by atoms with van der Waals surface area (Å²) in [7, 11) is 5.59. The lowest BCUT2D eigenvalue weighted by molar-refractivity contribution is -0.130. The molecule has 0 aromatic rings. The number of rotatable bonds is 8. The van der Waals surface area contributed by atoms with Crippen molar-refractivity contribution in [2.75, 3.05) is 60.5 Å². The van der Waals surface area contributed by atoms with Crippen molar-refractivity contribution in [1.82, 2.24) is 19.6 Å². The molecule has 0 aromatic carbocycles. The average Bonchev–Trinajstić information content (AvgIpc) is 3.44. The maximum Gasteiger partial charge on any atom is 0.319 e. The van der Waals surface area contributed by atoms with Crippen molar-refractivity contribution in [3.63, 3.8) is 0 Å². The molecule has 7 nitrogen and oxygen atoms in total. The van der Waals surface area contributed by atoms with Crippen LogP contribution in [0.3, 0.4) is 0 Å². The lowest BCUT2D eigenvalue weighted by atomic mass is 10.0. The Morgan fingerprint density at radius 2 is 1.63 bits per heavy atom. The summed E-state index contributed by atoms with van der Waals surface area (Å²) in [4.78, 5) is 33.2. The molecule has 1 aliphatic carbocycles. The van der Waals surface area contributed by atoms with E-state index in [0.717, 1.165) is 71.0 Å². The van der Waals surface area contributed by atoms with Crippen LogP contribution in [-0.2, 0) is 9.53 Å². The Bertz CT molecular complexity index is 559. The number of hydrogen-bond donors (Lipinski definition) is 0. The number of carbonyl (C=O) groups excluding carboxylic acids is 2. The first-order valence-electron chi connectivity index (χ1n) is 12.0. The third-order valence-corrected chi connectivity index (χ3v) is 7.31. The maximum atomic E-state index is 12.7. The zero-order valence-corrected chi connectivity index (χ0v) is 19.4. The van der Waals surface area contributed by atoms with Crippen LogP contribution in [0.25, 0.3) is 0 Å². The van der Waals surface area contributed by atoms with Gasteiger partial charge in [0.05, 0.1) is 0 Å². The second-order valence-electron chi connectivity index (χ2n) is 9.65. The maximum absolute atomic E-state index is 12.7. The molecule has 3 fully saturated rings. The van der Waals surface area contributed by atoms with Crippen LogP contribution in [0.4, 0.5) is 4.79 Å². The van der Waals surface area contributed by atoms with Gasteiger partial charge in [0.2, 0.25) is 5.91 Å². The molecule has 0 bridgehead atoms. The van der Waals surface area contributed by atoms with Gasteiger partial charge in [0, 0.05) is 79.0 Å². The Morgan fingerprint density at radius 1 is 0.933 bits per heavy atom. The fraction of sp³-hybridized carbons (Fsp3) is 0.913. The van der Waals surface area contributed by atoms with Crippen LogP contribution in [0, 0.1) is 5.92 Å². The third kappa shape index (κ3) is 6.33. The second kappa shape index (κ2) is 11.3. The van der Waals surface area contributed by atoms with Crippen molar-refractivity contribution in [3.8, 4) is 0 Å². The van der Waals surface area contributed by atoms with E-state index < -0.39 is 0 Å². The minimum absolute atomic E-state index is 0.101. The molecule has 3 amide bonds. The normalized spacial score (nSPS) is 23.3. The Labute approximate surface area is 182 Å². The molecule has 2 saturated heterocycles. The summed E-state index contributed by atoms with van der Waals surface area (Å²) < 4.78 is 5.59. The average molecular weight is 423 g/mol. The summed E-state index contributed by atoms with van der Waals surface area (Å²) in [6.45, 7) is 4.87. The van der Waals surface area contributed by atoms with E-state index in [4.69, 9.17) is 4.74 Å². The van der Waals surface area contributed by atoms with Crippen LogP contribution in [0.2, 0.25) is 0 Å².